The second-order valence-corrected chi connectivity index (χ2v) is 4.40. The van der Waals surface area contributed by atoms with Gasteiger partial charge < -0.3 is 10.1 Å². The van der Waals surface area contributed by atoms with Crippen LogP contribution in [0.5, 0.6) is 11.6 Å². The van der Waals surface area contributed by atoms with Crippen LogP contribution >= 0.6 is 0 Å². The molecule has 0 spiro atoms. The lowest BCUT2D eigenvalue weighted by Gasteiger charge is -2.08. The van der Waals surface area contributed by atoms with E-state index in [1.807, 2.05) is 0 Å². The molecule has 0 saturated carbocycles. The van der Waals surface area contributed by atoms with Crippen molar-refractivity contribution in [1.82, 2.24) is 10.3 Å². The van der Waals surface area contributed by atoms with E-state index in [4.69, 9.17) is 11.2 Å². The van der Waals surface area contributed by atoms with Crippen LogP contribution in [0, 0.1) is 12.3 Å². The second kappa shape index (κ2) is 6.83. The van der Waals surface area contributed by atoms with Crippen molar-refractivity contribution in [2.24, 2.45) is 0 Å². The van der Waals surface area contributed by atoms with Crippen molar-refractivity contribution < 1.29 is 22.7 Å². The van der Waals surface area contributed by atoms with Crippen LogP contribution in [0.15, 0.2) is 42.6 Å². The first-order valence-electron chi connectivity index (χ1n) is 6.43. The molecule has 0 aliphatic carbocycles. The number of rotatable bonds is 4. The summed E-state index contributed by atoms with van der Waals surface area (Å²) in [5.74, 6) is 2.31. The summed E-state index contributed by atoms with van der Waals surface area (Å²) in [4.78, 5) is 15.2. The van der Waals surface area contributed by atoms with Crippen LogP contribution in [0.1, 0.15) is 15.9 Å². The minimum atomic E-state index is -4.45. The van der Waals surface area contributed by atoms with Crippen molar-refractivity contribution in [2.45, 2.75) is 6.18 Å². The van der Waals surface area contributed by atoms with E-state index in [0.29, 0.717) is 17.5 Å². The summed E-state index contributed by atoms with van der Waals surface area (Å²) in [6.45, 7) is 0.118. The SMILES string of the molecule is C#CCNC(=O)c1ccc(Oc2ccc(C(F)(F)F)cn2)cc1. The minimum Gasteiger partial charge on any atom is -0.439 e. The Bertz CT molecular complexity index is 717. The number of pyridine rings is 1. The van der Waals surface area contributed by atoms with Crippen LogP contribution in [0.3, 0.4) is 0 Å². The molecule has 0 aliphatic heterocycles. The van der Waals surface area contributed by atoms with E-state index in [2.05, 4.69) is 16.2 Å². The van der Waals surface area contributed by atoms with E-state index in [9.17, 15) is 18.0 Å². The molecule has 1 aromatic carbocycles. The molecule has 23 heavy (non-hydrogen) atoms. The molecule has 0 radical (unpaired) electrons. The minimum absolute atomic E-state index is 0.0162. The van der Waals surface area contributed by atoms with Gasteiger partial charge in [-0.1, -0.05) is 5.92 Å². The highest BCUT2D eigenvalue weighted by molar-refractivity contribution is 5.94. The van der Waals surface area contributed by atoms with E-state index >= 15 is 0 Å². The number of hydrogen-bond donors (Lipinski definition) is 1. The number of hydrogen-bond acceptors (Lipinski definition) is 3. The summed E-state index contributed by atoms with van der Waals surface area (Å²) < 4.78 is 42.6. The summed E-state index contributed by atoms with van der Waals surface area (Å²) in [5.41, 5.74) is -0.474. The van der Waals surface area contributed by atoms with Gasteiger partial charge in [-0.25, -0.2) is 4.98 Å². The molecule has 0 bridgehead atoms. The van der Waals surface area contributed by atoms with E-state index < -0.39 is 11.7 Å². The van der Waals surface area contributed by atoms with Crippen molar-refractivity contribution in [3.8, 4) is 24.0 Å². The van der Waals surface area contributed by atoms with Gasteiger partial charge in [0.05, 0.1) is 12.1 Å². The fraction of sp³-hybridized carbons (Fsp3) is 0.125. The molecule has 4 nitrogen and oxygen atoms in total. The van der Waals surface area contributed by atoms with Crippen molar-refractivity contribution >= 4 is 5.91 Å². The standard InChI is InChI=1S/C16H11F3N2O2/c1-2-9-20-15(22)11-3-6-13(7-4-11)23-14-8-5-12(10-21-14)16(17,18)19/h1,3-8,10H,9H2,(H,20,22). The van der Waals surface area contributed by atoms with Crippen molar-refractivity contribution in [3.63, 3.8) is 0 Å². The maximum absolute atomic E-state index is 12.4. The Morgan fingerprint density at radius 3 is 2.43 bits per heavy atom. The molecule has 1 N–H and O–H groups in total. The van der Waals surface area contributed by atoms with E-state index in [1.54, 1.807) is 0 Å². The molecule has 0 fully saturated rings. The first-order valence-corrected chi connectivity index (χ1v) is 6.43. The summed E-state index contributed by atoms with van der Waals surface area (Å²) in [6.07, 6.45) is 1.29. The molecule has 1 amide bonds. The van der Waals surface area contributed by atoms with Crippen LogP contribution in [0.4, 0.5) is 13.2 Å². The average molecular weight is 320 g/mol. The zero-order chi connectivity index (χ0) is 16.9. The Labute approximate surface area is 130 Å². The van der Waals surface area contributed by atoms with Gasteiger partial charge in [-0.3, -0.25) is 4.79 Å². The third kappa shape index (κ3) is 4.48. The molecule has 1 aromatic heterocycles. The summed E-state index contributed by atoms with van der Waals surface area (Å²) in [6, 6.07) is 8.02. The molecule has 118 valence electrons. The number of ether oxygens (including phenoxy) is 1. The van der Waals surface area contributed by atoms with Crippen LogP contribution in [-0.4, -0.2) is 17.4 Å². The Balaban J connectivity index is 2.04. The second-order valence-electron chi connectivity index (χ2n) is 4.40. The number of carbonyl (C=O) groups is 1. The van der Waals surface area contributed by atoms with Crippen molar-refractivity contribution in [3.05, 3.63) is 53.7 Å². The van der Waals surface area contributed by atoms with Crippen LogP contribution in [0.25, 0.3) is 0 Å². The lowest BCUT2D eigenvalue weighted by atomic mass is 10.2. The first-order chi connectivity index (χ1) is 10.9. The summed E-state index contributed by atoms with van der Waals surface area (Å²) in [7, 11) is 0. The number of benzene rings is 1. The van der Waals surface area contributed by atoms with Gasteiger partial charge in [0, 0.05) is 17.8 Å². The maximum Gasteiger partial charge on any atom is 0.417 e. The highest BCUT2D eigenvalue weighted by Crippen LogP contribution is 2.30. The molecular formula is C16H11F3N2O2. The van der Waals surface area contributed by atoms with Crippen molar-refractivity contribution in [2.75, 3.05) is 6.54 Å². The number of nitrogens with one attached hydrogen (secondary N) is 1. The fourth-order valence-corrected chi connectivity index (χ4v) is 1.64. The predicted molar refractivity (Wildman–Crippen MR) is 76.9 cm³/mol. The van der Waals surface area contributed by atoms with Gasteiger partial charge in [0.25, 0.3) is 5.91 Å². The van der Waals surface area contributed by atoms with Gasteiger partial charge in [-0.05, 0) is 30.3 Å². The zero-order valence-electron chi connectivity index (χ0n) is 11.7. The normalized spacial score (nSPS) is 10.7. The predicted octanol–water partition coefficient (Wildman–Crippen LogP) is 3.26. The van der Waals surface area contributed by atoms with Gasteiger partial charge in [-0.15, -0.1) is 6.42 Å². The monoisotopic (exact) mass is 320 g/mol. The van der Waals surface area contributed by atoms with Gasteiger partial charge >= 0.3 is 6.18 Å². The van der Waals surface area contributed by atoms with Gasteiger partial charge in [-0.2, -0.15) is 13.2 Å². The molecule has 0 saturated heterocycles. The number of nitrogens with zero attached hydrogens (tertiary/aromatic N) is 1. The molecule has 0 aliphatic rings. The van der Waals surface area contributed by atoms with Gasteiger partial charge in [0.2, 0.25) is 5.88 Å². The van der Waals surface area contributed by atoms with E-state index in [0.717, 1.165) is 12.1 Å². The van der Waals surface area contributed by atoms with E-state index in [-0.39, 0.29) is 18.3 Å². The number of aromatic nitrogens is 1. The van der Waals surface area contributed by atoms with Crippen LogP contribution < -0.4 is 10.1 Å². The van der Waals surface area contributed by atoms with Crippen molar-refractivity contribution in [1.29, 1.82) is 0 Å². The third-order valence-corrected chi connectivity index (χ3v) is 2.75. The Morgan fingerprint density at radius 2 is 1.91 bits per heavy atom. The molecule has 0 atom stereocenters. The first kappa shape index (κ1) is 16.4. The molecule has 0 unspecified atom stereocenters. The topological polar surface area (TPSA) is 51.2 Å². The summed E-state index contributed by atoms with van der Waals surface area (Å²) >= 11 is 0. The quantitative estimate of drug-likeness (QED) is 0.880. The van der Waals surface area contributed by atoms with Gasteiger partial charge in [0.15, 0.2) is 0 Å². The summed E-state index contributed by atoms with van der Waals surface area (Å²) in [5, 5.41) is 2.50. The number of halogens is 3. The zero-order valence-corrected chi connectivity index (χ0v) is 11.7. The molecular weight excluding hydrogens is 309 g/mol. The lowest BCUT2D eigenvalue weighted by Crippen LogP contribution is -2.23. The highest BCUT2D eigenvalue weighted by Gasteiger charge is 2.30. The third-order valence-electron chi connectivity index (χ3n) is 2.75. The average Bonchev–Trinajstić information content (AvgIpc) is 2.53. The maximum atomic E-state index is 12.4. The van der Waals surface area contributed by atoms with Crippen LogP contribution in [-0.2, 0) is 6.18 Å². The molecule has 2 rings (SSSR count). The number of carbonyl (C=O) groups excluding carboxylic acids is 1. The number of terminal acetylenes is 1. The Morgan fingerprint density at radius 1 is 1.22 bits per heavy atom. The lowest BCUT2D eigenvalue weighted by molar-refractivity contribution is -0.137. The smallest absolute Gasteiger partial charge is 0.417 e. The largest absolute Gasteiger partial charge is 0.439 e. The number of alkyl halides is 3. The molecule has 2 aromatic rings. The fourth-order valence-electron chi connectivity index (χ4n) is 1.64. The molecule has 1 heterocycles. The van der Waals surface area contributed by atoms with E-state index in [1.165, 1.54) is 24.3 Å². The van der Waals surface area contributed by atoms with Crippen LogP contribution in [0.2, 0.25) is 0 Å². The van der Waals surface area contributed by atoms with Gasteiger partial charge in [0.1, 0.15) is 5.75 Å². The Hall–Kier alpha value is -3.01. The number of amides is 1. The molecule has 7 heteroatoms. The highest BCUT2D eigenvalue weighted by atomic mass is 19.4. The Kier molecular flexibility index (Phi) is 4.86.